The number of halogens is 3. The normalized spacial score (nSPS) is 14.2. The SMILES string of the molecule is CN(C)CC(C)(C)CNC(=O)c1ccc2cc1OCCCCOc1cccc(c1)CNc1nc(nc(OCC(F)(F)F)n1)N2. The van der Waals surface area contributed by atoms with Crippen LogP contribution in [-0.2, 0) is 6.54 Å². The van der Waals surface area contributed by atoms with Gasteiger partial charge in [-0.05, 0) is 62.2 Å². The van der Waals surface area contributed by atoms with Crippen LogP contribution in [0.15, 0.2) is 42.5 Å². The number of alkyl halides is 3. The van der Waals surface area contributed by atoms with Gasteiger partial charge in [0.15, 0.2) is 6.61 Å². The lowest BCUT2D eigenvalue weighted by Gasteiger charge is -2.28. The van der Waals surface area contributed by atoms with E-state index < -0.39 is 18.8 Å². The number of carbonyl (C=O) groups excluding carboxylic acids is 1. The molecule has 1 aromatic heterocycles. The number of ether oxygens (including phenoxy) is 3. The summed E-state index contributed by atoms with van der Waals surface area (Å²) in [6.45, 7) is 4.86. The van der Waals surface area contributed by atoms with Crippen molar-refractivity contribution in [3.63, 3.8) is 0 Å². The smallest absolute Gasteiger partial charge is 0.422 e. The molecule has 1 aliphatic heterocycles. The Hall–Kier alpha value is -4.33. The van der Waals surface area contributed by atoms with Crippen molar-refractivity contribution in [2.75, 3.05) is 57.6 Å². The molecule has 238 valence electrons. The second-order valence-corrected chi connectivity index (χ2v) is 11.5. The van der Waals surface area contributed by atoms with E-state index in [0.29, 0.717) is 48.9 Å². The summed E-state index contributed by atoms with van der Waals surface area (Å²) in [5.41, 5.74) is 1.47. The summed E-state index contributed by atoms with van der Waals surface area (Å²) >= 11 is 0. The van der Waals surface area contributed by atoms with E-state index >= 15 is 0 Å². The topological polar surface area (TPSA) is 123 Å². The van der Waals surface area contributed by atoms with Crippen molar-refractivity contribution in [3.8, 4) is 17.5 Å². The Morgan fingerprint density at radius 3 is 2.52 bits per heavy atom. The van der Waals surface area contributed by atoms with Crippen LogP contribution in [0.4, 0.5) is 30.8 Å². The number of nitrogens with zero attached hydrogens (tertiary/aromatic N) is 4. The molecule has 44 heavy (non-hydrogen) atoms. The summed E-state index contributed by atoms with van der Waals surface area (Å²) in [6.07, 6.45) is -3.18. The highest BCUT2D eigenvalue weighted by atomic mass is 19.4. The van der Waals surface area contributed by atoms with Crippen molar-refractivity contribution in [1.82, 2.24) is 25.2 Å². The van der Waals surface area contributed by atoms with E-state index in [1.807, 2.05) is 38.4 Å². The number of carbonyl (C=O) groups is 1. The van der Waals surface area contributed by atoms with Crippen LogP contribution in [0.3, 0.4) is 0 Å². The maximum atomic E-state index is 13.3. The fourth-order valence-corrected chi connectivity index (χ4v) is 4.57. The highest BCUT2D eigenvalue weighted by molar-refractivity contribution is 5.97. The zero-order valence-electron chi connectivity index (χ0n) is 25.3. The third-order valence-corrected chi connectivity index (χ3v) is 6.35. The molecule has 3 aromatic rings. The Morgan fingerprint density at radius 1 is 1.02 bits per heavy atom. The van der Waals surface area contributed by atoms with Gasteiger partial charge in [0, 0.05) is 31.4 Å². The molecule has 0 fully saturated rings. The second-order valence-electron chi connectivity index (χ2n) is 11.5. The Bertz CT molecular complexity index is 1420. The Kier molecular flexibility index (Phi) is 10.7. The first-order valence-electron chi connectivity index (χ1n) is 14.2. The van der Waals surface area contributed by atoms with Crippen molar-refractivity contribution >= 4 is 23.5 Å². The molecular weight excluding hydrogens is 579 g/mol. The molecule has 2 aromatic carbocycles. The number of nitrogens with one attached hydrogen (secondary N) is 3. The molecule has 0 radical (unpaired) electrons. The largest absolute Gasteiger partial charge is 0.494 e. The maximum absolute atomic E-state index is 13.3. The summed E-state index contributed by atoms with van der Waals surface area (Å²) in [6, 6.07) is 11.8. The minimum Gasteiger partial charge on any atom is -0.494 e. The monoisotopic (exact) mass is 617 g/mol. The molecule has 0 saturated carbocycles. The van der Waals surface area contributed by atoms with Crippen LogP contribution in [-0.4, -0.2) is 78.9 Å². The van der Waals surface area contributed by atoms with Gasteiger partial charge in [0.05, 0.1) is 18.8 Å². The molecule has 1 amide bonds. The molecule has 0 unspecified atom stereocenters. The quantitative estimate of drug-likeness (QED) is 0.333. The van der Waals surface area contributed by atoms with E-state index in [-0.39, 0.29) is 29.8 Å². The number of hydrogen-bond donors (Lipinski definition) is 3. The standard InChI is InChI=1S/C30H38F3N7O4/c1-29(2,18-40(3)4)17-35-25(41)23-11-10-21-15-24(23)43-13-6-5-12-42-22-9-7-8-20(14-22)16-34-26-37-27(36-21)39-28(38-26)44-19-30(31,32)33/h7-11,14-15H,5-6,12-13,16-19H2,1-4H3,(H,35,41)(H2,34,36,37,38,39). The number of anilines is 3. The first-order chi connectivity index (χ1) is 20.8. The molecule has 1 aliphatic rings. The third-order valence-electron chi connectivity index (χ3n) is 6.35. The fraction of sp³-hybridized carbons (Fsp3) is 0.467. The number of rotatable bonds is 7. The van der Waals surface area contributed by atoms with E-state index in [2.05, 4.69) is 49.6 Å². The van der Waals surface area contributed by atoms with Crippen LogP contribution in [0.25, 0.3) is 0 Å². The highest BCUT2D eigenvalue weighted by Gasteiger charge is 2.29. The molecule has 0 spiro atoms. The van der Waals surface area contributed by atoms with E-state index in [9.17, 15) is 18.0 Å². The molecule has 6 bridgehead atoms. The number of benzene rings is 2. The summed E-state index contributed by atoms with van der Waals surface area (Å²) in [7, 11) is 3.96. The van der Waals surface area contributed by atoms with Crippen LogP contribution in [0.5, 0.6) is 17.5 Å². The summed E-state index contributed by atoms with van der Waals surface area (Å²) < 4.78 is 55.4. The molecule has 0 aliphatic carbocycles. The molecule has 11 nitrogen and oxygen atoms in total. The van der Waals surface area contributed by atoms with E-state index in [4.69, 9.17) is 14.2 Å². The van der Waals surface area contributed by atoms with Gasteiger partial charge < -0.3 is 35.1 Å². The molecule has 2 heterocycles. The summed E-state index contributed by atoms with van der Waals surface area (Å²) in [5.74, 6) is 0.639. The lowest BCUT2D eigenvalue weighted by atomic mass is 9.93. The molecule has 4 rings (SSSR count). The third kappa shape index (κ3) is 10.4. The average Bonchev–Trinajstić information content (AvgIpc) is 2.94. The minimum absolute atomic E-state index is 0.0000718. The van der Waals surface area contributed by atoms with Crippen molar-refractivity contribution < 1.29 is 32.2 Å². The van der Waals surface area contributed by atoms with Gasteiger partial charge in [-0.1, -0.05) is 26.0 Å². The summed E-state index contributed by atoms with van der Waals surface area (Å²) in [4.78, 5) is 27.6. The van der Waals surface area contributed by atoms with Gasteiger partial charge in [0.1, 0.15) is 11.5 Å². The predicted molar refractivity (Wildman–Crippen MR) is 160 cm³/mol. The van der Waals surface area contributed by atoms with Gasteiger partial charge in [-0.25, -0.2) is 0 Å². The van der Waals surface area contributed by atoms with E-state index in [1.165, 1.54) is 0 Å². The maximum Gasteiger partial charge on any atom is 0.422 e. The van der Waals surface area contributed by atoms with Crippen molar-refractivity contribution in [1.29, 1.82) is 0 Å². The van der Waals surface area contributed by atoms with Gasteiger partial charge in [-0.15, -0.1) is 0 Å². The van der Waals surface area contributed by atoms with E-state index in [1.54, 1.807) is 18.2 Å². The number of aromatic nitrogens is 3. The van der Waals surface area contributed by atoms with Crippen molar-refractivity contribution in [3.05, 3.63) is 53.6 Å². The number of fused-ring (bicyclic) bond motifs is 6. The van der Waals surface area contributed by atoms with Crippen LogP contribution in [0, 0.1) is 5.41 Å². The van der Waals surface area contributed by atoms with Crippen LogP contribution in [0.1, 0.15) is 42.6 Å². The fourth-order valence-electron chi connectivity index (χ4n) is 4.57. The van der Waals surface area contributed by atoms with Gasteiger partial charge in [0.25, 0.3) is 5.91 Å². The second kappa shape index (κ2) is 14.4. The van der Waals surface area contributed by atoms with E-state index in [0.717, 1.165) is 18.5 Å². The predicted octanol–water partition coefficient (Wildman–Crippen LogP) is 5.04. The van der Waals surface area contributed by atoms with Crippen molar-refractivity contribution in [2.24, 2.45) is 5.41 Å². The van der Waals surface area contributed by atoms with Crippen molar-refractivity contribution in [2.45, 2.75) is 39.4 Å². The lowest BCUT2D eigenvalue weighted by molar-refractivity contribution is -0.154. The van der Waals surface area contributed by atoms with Gasteiger partial charge >= 0.3 is 12.2 Å². The van der Waals surface area contributed by atoms with Crippen LogP contribution in [0.2, 0.25) is 0 Å². The Balaban J connectivity index is 1.62. The lowest BCUT2D eigenvalue weighted by Crippen LogP contribution is -2.40. The zero-order chi connectivity index (χ0) is 31.7. The van der Waals surface area contributed by atoms with Crippen LogP contribution < -0.4 is 30.2 Å². The van der Waals surface area contributed by atoms with Gasteiger partial charge in [0.2, 0.25) is 11.9 Å². The van der Waals surface area contributed by atoms with Gasteiger partial charge in [-0.3, -0.25) is 4.79 Å². The molecule has 3 N–H and O–H groups in total. The summed E-state index contributed by atoms with van der Waals surface area (Å²) in [5, 5.41) is 8.98. The first kappa shape index (κ1) is 32.6. The number of amides is 1. The molecular formula is C30H38F3N7O4. The Labute approximate surface area is 254 Å². The average molecular weight is 618 g/mol. The Morgan fingerprint density at radius 2 is 1.77 bits per heavy atom. The zero-order valence-corrected chi connectivity index (χ0v) is 25.3. The van der Waals surface area contributed by atoms with Gasteiger partial charge in [-0.2, -0.15) is 28.1 Å². The van der Waals surface area contributed by atoms with Crippen LogP contribution >= 0.6 is 0 Å². The molecule has 14 heteroatoms. The number of hydrogen-bond acceptors (Lipinski definition) is 10. The molecule has 0 saturated heterocycles. The highest BCUT2D eigenvalue weighted by Crippen LogP contribution is 2.27. The molecule has 0 atom stereocenters. The first-order valence-corrected chi connectivity index (χ1v) is 14.2. The minimum atomic E-state index is -4.58.